The Morgan fingerprint density at radius 1 is 1.33 bits per heavy atom. The first-order chi connectivity index (χ1) is 5.02. The van der Waals surface area contributed by atoms with Gasteiger partial charge in [-0.1, -0.05) is 0 Å². The van der Waals surface area contributed by atoms with Crippen molar-refractivity contribution >= 4 is 17.7 Å². The molecule has 0 aliphatic heterocycles. The molecule has 0 aromatic heterocycles. The second-order valence-corrected chi connectivity index (χ2v) is 1.91. The third-order valence-electron chi connectivity index (χ3n) is 0.744. The van der Waals surface area contributed by atoms with E-state index in [4.69, 9.17) is 0 Å². The standard InChI is InChI=1S/C6H8O5.Na/c1-4(7)2-6(10)11-3-5(8)9;/h2-3H2,1H3,(H,8,9);/q;+1/p-1. The molecule has 0 rings (SSSR count). The summed E-state index contributed by atoms with van der Waals surface area (Å²) in [5.41, 5.74) is 0. The molecule has 0 bridgehead atoms. The molecule has 0 saturated carbocycles. The molecule has 0 radical (unpaired) electrons. The van der Waals surface area contributed by atoms with Gasteiger partial charge in [0.05, 0.1) is 5.97 Å². The van der Waals surface area contributed by atoms with E-state index < -0.39 is 25.0 Å². The van der Waals surface area contributed by atoms with Crippen LogP contribution >= 0.6 is 0 Å². The number of esters is 1. The van der Waals surface area contributed by atoms with Crippen molar-refractivity contribution in [3.63, 3.8) is 0 Å². The van der Waals surface area contributed by atoms with E-state index in [2.05, 4.69) is 4.74 Å². The Morgan fingerprint density at radius 2 is 1.83 bits per heavy atom. The average Bonchev–Trinajstić information content (AvgIpc) is 1.82. The van der Waals surface area contributed by atoms with Crippen LogP contribution in [-0.2, 0) is 19.1 Å². The molecule has 0 N–H and O–H groups in total. The molecule has 0 aliphatic rings. The van der Waals surface area contributed by atoms with Crippen molar-refractivity contribution in [2.75, 3.05) is 6.61 Å². The van der Waals surface area contributed by atoms with Crippen molar-refractivity contribution in [2.45, 2.75) is 13.3 Å². The molecule has 12 heavy (non-hydrogen) atoms. The van der Waals surface area contributed by atoms with Crippen molar-refractivity contribution in [1.29, 1.82) is 0 Å². The minimum Gasteiger partial charge on any atom is -0.546 e. The Hall–Kier alpha value is -0.390. The van der Waals surface area contributed by atoms with Gasteiger partial charge in [-0.25, -0.2) is 0 Å². The zero-order valence-corrected chi connectivity index (χ0v) is 8.96. The van der Waals surface area contributed by atoms with Crippen LogP contribution in [0.4, 0.5) is 0 Å². The van der Waals surface area contributed by atoms with E-state index in [-0.39, 0.29) is 35.3 Å². The first-order valence-corrected chi connectivity index (χ1v) is 2.87. The van der Waals surface area contributed by atoms with E-state index >= 15 is 0 Å². The Bertz CT molecular complexity index is 188. The van der Waals surface area contributed by atoms with Gasteiger partial charge in [0, 0.05) is 0 Å². The number of Topliss-reactive ketones (excluding diaryl/α,β-unsaturated/α-hetero) is 1. The van der Waals surface area contributed by atoms with E-state index in [0.29, 0.717) is 0 Å². The second-order valence-electron chi connectivity index (χ2n) is 1.91. The van der Waals surface area contributed by atoms with Crippen molar-refractivity contribution in [1.82, 2.24) is 0 Å². The molecule has 0 aromatic carbocycles. The number of carboxylic acid groups (broad SMARTS) is 1. The summed E-state index contributed by atoms with van der Waals surface area (Å²) in [5, 5.41) is 9.72. The molecule has 0 heterocycles. The van der Waals surface area contributed by atoms with Crippen LogP contribution in [-0.4, -0.2) is 24.3 Å². The van der Waals surface area contributed by atoms with E-state index in [1.165, 1.54) is 6.92 Å². The largest absolute Gasteiger partial charge is 1.00 e. The number of aliphatic carboxylic acids is 1. The number of ether oxygens (including phenoxy) is 1. The Morgan fingerprint density at radius 3 is 2.17 bits per heavy atom. The predicted octanol–water partition coefficient (Wildman–Crippen LogP) is -4.74. The number of rotatable bonds is 4. The van der Waals surface area contributed by atoms with Gasteiger partial charge in [0.1, 0.15) is 18.8 Å². The maximum atomic E-state index is 10.4. The second kappa shape index (κ2) is 7.27. The maximum Gasteiger partial charge on any atom is 1.00 e. The van der Waals surface area contributed by atoms with Gasteiger partial charge in [-0.3, -0.25) is 9.59 Å². The normalized spacial score (nSPS) is 8.08. The van der Waals surface area contributed by atoms with Crippen LogP contribution in [0.1, 0.15) is 13.3 Å². The number of hydrogen-bond donors (Lipinski definition) is 0. The van der Waals surface area contributed by atoms with Gasteiger partial charge >= 0.3 is 35.5 Å². The van der Waals surface area contributed by atoms with Crippen molar-refractivity contribution < 1.29 is 53.8 Å². The first kappa shape index (κ1) is 14.2. The minimum absolute atomic E-state index is 0. The zero-order chi connectivity index (χ0) is 8.85. The fourth-order valence-electron chi connectivity index (χ4n) is 0.394. The van der Waals surface area contributed by atoms with Gasteiger partial charge in [-0.15, -0.1) is 0 Å². The van der Waals surface area contributed by atoms with E-state index in [9.17, 15) is 19.5 Å². The van der Waals surface area contributed by atoms with Gasteiger partial charge in [-0.05, 0) is 6.92 Å². The number of ketones is 1. The van der Waals surface area contributed by atoms with Crippen LogP contribution in [0.3, 0.4) is 0 Å². The fraction of sp³-hybridized carbons (Fsp3) is 0.500. The predicted molar refractivity (Wildman–Crippen MR) is 31.3 cm³/mol. The summed E-state index contributed by atoms with van der Waals surface area (Å²) in [4.78, 5) is 30.4. The third-order valence-corrected chi connectivity index (χ3v) is 0.744. The van der Waals surface area contributed by atoms with Gasteiger partial charge in [-0.2, -0.15) is 0 Å². The third kappa shape index (κ3) is 9.61. The first-order valence-electron chi connectivity index (χ1n) is 2.87. The number of carbonyl (C=O) groups is 3. The van der Waals surface area contributed by atoms with Gasteiger partial charge in [0.25, 0.3) is 0 Å². The smallest absolute Gasteiger partial charge is 0.546 e. The van der Waals surface area contributed by atoms with E-state index in [0.717, 1.165) is 0 Å². The van der Waals surface area contributed by atoms with Crippen LogP contribution in [0.2, 0.25) is 0 Å². The zero-order valence-electron chi connectivity index (χ0n) is 6.96. The molecule has 62 valence electrons. The molecule has 0 atom stereocenters. The summed E-state index contributed by atoms with van der Waals surface area (Å²) in [6, 6.07) is 0. The number of carboxylic acids is 1. The summed E-state index contributed by atoms with van der Waals surface area (Å²) in [5.74, 6) is -2.70. The van der Waals surface area contributed by atoms with Crippen LogP contribution in [0.5, 0.6) is 0 Å². The Labute approximate surface area is 91.4 Å². The number of carbonyl (C=O) groups excluding carboxylic acids is 3. The van der Waals surface area contributed by atoms with Crippen LogP contribution in [0.25, 0.3) is 0 Å². The molecule has 0 fully saturated rings. The summed E-state index contributed by atoms with van der Waals surface area (Å²) >= 11 is 0. The molecule has 0 saturated heterocycles. The summed E-state index contributed by atoms with van der Waals surface area (Å²) in [6.07, 6.45) is -0.396. The molecule has 6 heteroatoms. The van der Waals surface area contributed by atoms with E-state index in [1.54, 1.807) is 0 Å². The maximum absolute atomic E-state index is 10.4. The monoisotopic (exact) mass is 182 g/mol. The summed E-state index contributed by atoms with van der Waals surface area (Å²) in [6.45, 7) is 0.409. The Kier molecular flexibility index (Phi) is 8.57. The van der Waals surface area contributed by atoms with Crippen LogP contribution in [0, 0.1) is 0 Å². The van der Waals surface area contributed by atoms with Gasteiger partial charge in [0.2, 0.25) is 0 Å². The molecular weight excluding hydrogens is 175 g/mol. The SMILES string of the molecule is CC(=O)CC(=O)OCC(=O)[O-].[Na+]. The molecule has 0 amide bonds. The van der Waals surface area contributed by atoms with Crippen LogP contribution < -0.4 is 34.7 Å². The van der Waals surface area contributed by atoms with Crippen molar-refractivity contribution in [2.24, 2.45) is 0 Å². The molecule has 0 unspecified atom stereocenters. The number of hydrogen-bond acceptors (Lipinski definition) is 5. The molecule has 0 spiro atoms. The molecular formula is C6H7NaO5. The summed E-state index contributed by atoms with van der Waals surface area (Å²) < 4.78 is 4.09. The van der Waals surface area contributed by atoms with Crippen LogP contribution in [0.15, 0.2) is 0 Å². The fourth-order valence-corrected chi connectivity index (χ4v) is 0.394. The van der Waals surface area contributed by atoms with Crippen molar-refractivity contribution in [3.05, 3.63) is 0 Å². The minimum atomic E-state index is -1.48. The molecule has 5 nitrogen and oxygen atoms in total. The quantitative estimate of drug-likeness (QED) is 0.248. The Balaban J connectivity index is 0. The molecule has 0 aliphatic carbocycles. The van der Waals surface area contributed by atoms with Gasteiger partial charge < -0.3 is 14.6 Å². The van der Waals surface area contributed by atoms with E-state index in [1.807, 2.05) is 0 Å². The van der Waals surface area contributed by atoms with Crippen molar-refractivity contribution in [3.8, 4) is 0 Å². The summed E-state index contributed by atoms with van der Waals surface area (Å²) in [7, 11) is 0. The molecule has 0 aromatic rings. The average molecular weight is 182 g/mol. The van der Waals surface area contributed by atoms with Gasteiger partial charge in [0.15, 0.2) is 0 Å². The topological polar surface area (TPSA) is 83.5 Å².